The molecule has 2 N–H and O–H groups in total. The van der Waals surface area contributed by atoms with E-state index in [9.17, 15) is 9.59 Å². The molecule has 0 spiro atoms. The quantitative estimate of drug-likeness (QED) is 0.693. The molecule has 1 heterocycles. The van der Waals surface area contributed by atoms with E-state index >= 15 is 0 Å². The van der Waals surface area contributed by atoms with Gasteiger partial charge in [0, 0.05) is 13.0 Å². The Labute approximate surface area is 98.8 Å². The van der Waals surface area contributed by atoms with Crippen LogP contribution in [0.3, 0.4) is 0 Å². The Hall–Kier alpha value is -1.92. The molecule has 1 aromatic rings. The summed E-state index contributed by atoms with van der Waals surface area (Å²) in [7, 11) is 0. The monoisotopic (exact) mass is 240 g/mol. The molecule has 7 heteroatoms. The number of hydrogen-bond acceptors (Lipinski definition) is 4. The number of amides is 1. The van der Waals surface area contributed by atoms with Crippen LogP contribution in [-0.4, -0.2) is 38.3 Å². The highest BCUT2D eigenvalue weighted by molar-refractivity contribution is 5.75. The number of carboxylic acid groups (broad SMARTS) is 1. The maximum Gasteiger partial charge on any atom is 0.303 e. The first-order valence-corrected chi connectivity index (χ1v) is 5.39. The molecule has 0 aliphatic carbocycles. The first-order chi connectivity index (χ1) is 8.08. The Kier molecular flexibility index (Phi) is 5.12. The molecule has 7 nitrogen and oxygen atoms in total. The second kappa shape index (κ2) is 6.62. The summed E-state index contributed by atoms with van der Waals surface area (Å²) in [6, 6.07) is 0. The third-order valence-electron chi connectivity index (χ3n) is 2.27. The maximum atomic E-state index is 11.4. The van der Waals surface area contributed by atoms with Crippen LogP contribution in [0.4, 0.5) is 0 Å². The summed E-state index contributed by atoms with van der Waals surface area (Å²) in [4.78, 5) is 25.5. The van der Waals surface area contributed by atoms with Crippen molar-refractivity contribution >= 4 is 11.9 Å². The molecule has 1 rings (SSSR count). The van der Waals surface area contributed by atoms with E-state index in [1.54, 1.807) is 0 Å². The zero-order chi connectivity index (χ0) is 12.7. The topological polar surface area (TPSA) is 97.1 Å². The van der Waals surface area contributed by atoms with Crippen LogP contribution in [-0.2, 0) is 16.1 Å². The summed E-state index contributed by atoms with van der Waals surface area (Å²) < 4.78 is 1.43. The number of aliphatic carboxylic acids is 1. The summed E-state index contributed by atoms with van der Waals surface area (Å²) in [5.74, 6) is -0.825. The predicted molar refractivity (Wildman–Crippen MR) is 59.1 cm³/mol. The minimum atomic E-state index is -0.814. The van der Waals surface area contributed by atoms with Crippen LogP contribution in [0.1, 0.15) is 19.8 Å². The smallest absolute Gasteiger partial charge is 0.303 e. The van der Waals surface area contributed by atoms with Gasteiger partial charge in [-0.1, -0.05) is 6.92 Å². The molecule has 0 aliphatic rings. The normalized spacial score (nSPS) is 12.1. The number of carboxylic acids is 1. The summed E-state index contributed by atoms with van der Waals surface area (Å²) in [6.45, 7) is 2.51. The van der Waals surface area contributed by atoms with Crippen molar-refractivity contribution in [3.8, 4) is 0 Å². The summed E-state index contributed by atoms with van der Waals surface area (Å²) >= 11 is 0. The van der Waals surface area contributed by atoms with Crippen LogP contribution in [0.2, 0.25) is 0 Å². The molecule has 1 unspecified atom stereocenters. The molecule has 0 bridgehead atoms. The summed E-state index contributed by atoms with van der Waals surface area (Å²) in [6.07, 6.45) is 3.51. The van der Waals surface area contributed by atoms with E-state index < -0.39 is 5.97 Å². The fraction of sp³-hybridized carbons (Fsp3) is 0.600. The molecule has 0 saturated heterocycles. The second-order valence-corrected chi connectivity index (χ2v) is 3.93. The van der Waals surface area contributed by atoms with Crippen molar-refractivity contribution < 1.29 is 14.7 Å². The highest BCUT2D eigenvalue weighted by atomic mass is 16.4. The lowest BCUT2D eigenvalue weighted by atomic mass is 10.1. The first kappa shape index (κ1) is 13.1. The van der Waals surface area contributed by atoms with Crippen molar-refractivity contribution in [3.05, 3.63) is 12.7 Å². The van der Waals surface area contributed by atoms with Crippen LogP contribution in [0.25, 0.3) is 0 Å². The zero-order valence-corrected chi connectivity index (χ0v) is 9.67. The minimum absolute atomic E-state index is 0.125. The predicted octanol–water partition coefficient (Wildman–Crippen LogP) is -0.105. The third-order valence-corrected chi connectivity index (χ3v) is 2.27. The molecule has 0 radical (unpaired) electrons. The molecule has 0 aromatic carbocycles. The molecule has 0 fully saturated rings. The highest BCUT2D eigenvalue weighted by Gasteiger charge is 2.08. The van der Waals surface area contributed by atoms with E-state index in [-0.39, 0.29) is 24.8 Å². The average Bonchev–Trinajstić information content (AvgIpc) is 2.76. The Balaban J connectivity index is 2.17. The van der Waals surface area contributed by atoms with Crippen LogP contribution in [0, 0.1) is 5.92 Å². The number of nitrogens with one attached hydrogen (secondary N) is 1. The van der Waals surface area contributed by atoms with Crippen molar-refractivity contribution in [2.75, 3.05) is 6.54 Å². The number of carbonyl (C=O) groups excluding carboxylic acids is 1. The highest BCUT2D eigenvalue weighted by Crippen LogP contribution is 2.03. The molecule has 1 aromatic heterocycles. The Morgan fingerprint density at radius 3 is 2.88 bits per heavy atom. The zero-order valence-electron chi connectivity index (χ0n) is 9.67. The molecule has 94 valence electrons. The second-order valence-electron chi connectivity index (χ2n) is 3.93. The van der Waals surface area contributed by atoms with Gasteiger partial charge in [-0.25, -0.2) is 9.67 Å². The molecule has 0 saturated carbocycles. The first-order valence-electron chi connectivity index (χ1n) is 5.39. The van der Waals surface area contributed by atoms with E-state index in [1.165, 1.54) is 17.3 Å². The lowest BCUT2D eigenvalue weighted by molar-refractivity contribution is -0.137. The molecule has 1 atom stereocenters. The van der Waals surface area contributed by atoms with Gasteiger partial charge in [0.15, 0.2) is 0 Å². The molecular formula is C10H16N4O3. The fourth-order valence-electron chi connectivity index (χ4n) is 1.28. The Morgan fingerprint density at radius 2 is 2.29 bits per heavy atom. The van der Waals surface area contributed by atoms with Gasteiger partial charge in [-0.2, -0.15) is 5.10 Å². The minimum Gasteiger partial charge on any atom is -0.481 e. The van der Waals surface area contributed by atoms with E-state index in [0.717, 1.165) is 0 Å². The SMILES string of the molecule is CC(CCC(=O)O)CNC(=O)Cn1cncn1. The molecule has 1 amide bonds. The molecule has 17 heavy (non-hydrogen) atoms. The third kappa shape index (κ3) is 5.64. The number of aromatic nitrogens is 3. The van der Waals surface area contributed by atoms with E-state index in [1.807, 2.05) is 6.92 Å². The summed E-state index contributed by atoms with van der Waals surface area (Å²) in [5, 5.41) is 15.0. The average molecular weight is 240 g/mol. The van der Waals surface area contributed by atoms with E-state index in [4.69, 9.17) is 5.11 Å². The largest absolute Gasteiger partial charge is 0.481 e. The van der Waals surface area contributed by atoms with Crippen LogP contribution in [0.15, 0.2) is 12.7 Å². The summed E-state index contributed by atoms with van der Waals surface area (Å²) in [5.41, 5.74) is 0. The van der Waals surface area contributed by atoms with Crippen LogP contribution >= 0.6 is 0 Å². The van der Waals surface area contributed by atoms with Crippen molar-refractivity contribution in [3.63, 3.8) is 0 Å². The van der Waals surface area contributed by atoms with Gasteiger partial charge in [-0.3, -0.25) is 9.59 Å². The molecule has 0 aliphatic heterocycles. The van der Waals surface area contributed by atoms with E-state index in [0.29, 0.717) is 13.0 Å². The van der Waals surface area contributed by atoms with Gasteiger partial charge in [0.1, 0.15) is 19.2 Å². The maximum absolute atomic E-state index is 11.4. The van der Waals surface area contributed by atoms with Gasteiger partial charge in [0.2, 0.25) is 5.91 Å². The fourth-order valence-corrected chi connectivity index (χ4v) is 1.28. The van der Waals surface area contributed by atoms with Gasteiger partial charge < -0.3 is 10.4 Å². The van der Waals surface area contributed by atoms with Gasteiger partial charge in [-0.05, 0) is 12.3 Å². The Morgan fingerprint density at radius 1 is 1.53 bits per heavy atom. The number of hydrogen-bond donors (Lipinski definition) is 2. The van der Waals surface area contributed by atoms with Crippen molar-refractivity contribution in [2.24, 2.45) is 5.92 Å². The van der Waals surface area contributed by atoms with Crippen molar-refractivity contribution in [1.29, 1.82) is 0 Å². The van der Waals surface area contributed by atoms with Crippen LogP contribution < -0.4 is 5.32 Å². The molecular weight excluding hydrogens is 224 g/mol. The standard InChI is InChI=1S/C10H16N4O3/c1-8(2-3-10(16)17)4-12-9(15)5-14-7-11-6-13-14/h6-8H,2-5H2,1H3,(H,12,15)(H,16,17). The van der Waals surface area contributed by atoms with Gasteiger partial charge in [-0.15, -0.1) is 0 Å². The van der Waals surface area contributed by atoms with Gasteiger partial charge in [0.25, 0.3) is 0 Å². The van der Waals surface area contributed by atoms with Gasteiger partial charge >= 0.3 is 5.97 Å². The van der Waals surface area contributed by atoms with Gasteiger partial charge in [0.05, 0.1) is 0 Å². The number of carbonyl (C=O) groups is 2. The lowest BCUT2D eigenvalue weighted by Crippen LogP contribution is -2.31. The number of nitrogens with zero attached hydrogens (tertiary/aromatic N) is 3. The lowest BCUT2D eigenvalue weighted by Gasteiger charge is -2.11. The van der Waals surface area contributed by atoms with Crippen molar-refractivity contribution in [2.45, 2.75) is 26.3 Å². The van der Waals surface area contributed by atoms with E-state index in [2.05, 4.69) is 15.4 Å². The van der Waals surface area contributed by atoms with Crippen LogP contribution in [0.5, 0.6) is 0 Å². The van der Waals surface area contributed by atoms with Crippen molar-refractivity contribution in [1.82, 2.24) is 20.1 Å². The Bertz CT molecular complexity index is 364. The number of rotatable bonds is 7.